The molecule has 0 saturated heterocycles. The number of halogens is 1. The molecule has 2 aromatic rings. The van der Waals surface area contributed by atoms with Crippen molar-refractivity contribution < 1.29 is 13.9 Å². The van der Waals surface area contributed by atoms with Crippen molar-refractivity contribution >= 4 is 17.4 Å². The molecular weight excluding hydrogens is 383 g/mol. The van der Waals surface area contributed by atoms with Crippen molar-refractivity contribution in [1.82, 2.24) is 4.57 Å². The minimum absolute atomic E-state index is 0.0413. The van der Waals surface area contributed by atoms with E-state index in [1.54, 1.807) is 18.1 Å². The predicted octanol–water partition coefficient (Wildman–Crippen LogP) is 3.85. The van der Waals surface area contributed by atoms with Crippen LogP contribution in [-0.4, -0.2) is 37.3 Å². The minimum atomic E-state index is -0.296. The van der Waals surface area contributed by atoms with E-state index in [0.717, 1.165) is 41.6 Å². The number of ether oxygens (including phenoxy) is 1. The molecule has 0 atom stereocenters. The minimum Gasteiger partial charge on any atom is -0.385 e. The fraction of sp³-hybridized carbons (Fsp3) is 0.478. The molecule has 1 aromatic carbocycles. The summed E-state index contributed by atoms with van der Waals surface area (Å²) in [6, 6.07) is 5.47. The first-order chi connectivity index (χ1) is 14.4. The summed E-state index contributed by atoms with van der Waals surface area (Å²) in [6.45, 7) is 7.69. The number of aromatic nitrogens is 1. The number of anilines is 2. The smallest absolute Gasteiger partial charge is 0.245 e. The van der Waals surface area contributed by atoms with Gasteiger partial charge >= 0.3 is 0 Å². The maximum absolute atomic E-state index is 14.6. The van der Waals surface area contributed by atoms with E-state index in [1.165, 1.54) is 6.07 Å². The second kappa shape index (κ2) is 9.31. The molecule has 160 valence electrons. The second-order valence-corrected chi connectivity index (χ2v) is 7.81. The van der Waals surface area contributed by atoms with Gasteiger partial charge in [-0.25, -0.2) is 4.39 Å². The summed E-state index contributed by atoms with van der Waals surface area (Å²) in [5, 5.41) is 12.6. The highest BCUT2D eigenvalue weighted by atomic mass is 19.1. The van der Waals surface area contributed by atoms with Crippen LogP contribution in [0.4, 0.5) is 15.9 Å². The number of nitriles is 1. The molecule has 30 heavy (non-hydrogen) atoms. The number of nitrogens with one attached hydrogen (secondary N) is 1. The van der Waals surface area contributed by atoms with Crippen molar-refractivity contribution in [1.29, 1.82) is 5.26 Å². The van der Waals surface area contributed by atoms with Gasteiger partial charge in [0, 0.05) is 32.5 Å². The number of nitrogens with zero attached hydrogens (tertiary/aromatic N) is 3. The summed E-state index contributed by atoms with van der Waals surface area (Å²) in [6.07, 6.45) is 2.46. The number of aryl methyl sites for hydroxylation is 1. The monoisotopic (exact) mass is 412 g/mol. The van der Waals surface area contributed by atoms with Gasteiger partial charge in [0.05, 0.1) is 17.8 Å². The van der Waals surface area contributed by atoms with Crippen LogP contribution < -0.4 is 10.2 Å². The molecule has 1 aromatic heterocycles. The van der Waals surface area contributed by atoms with Crippen LogP contribution in [0, 0.1) is 37.9 Å². The van der Waals surface area contributed by atoms with E-state index in [4.69, 9.17) is 4.74 Å². The maximum Gasteiger partial charge on any atom is 0.245 e. The molecule has 7 heteroatoms. The lowest BCUT2D eigenvalue weighted by atomic mass is 9.96. The van der Waals surface area contributed by atoms with E-state index in [1.807, 2.05) is 25.3 Å². The molecule has 0 aliphatic carbocycles. The van der Waals surface area contributed by atoms with Gasteiger partial charge in [-0.15, -0.1) is 0 Å². The Morgan fingerprint density at radius 2 is 2.10 bits per heavy atom. The van der Waals surface area contributed by atoms with Gasteiger partial charge in [0.15, 0.2) is 0 Å². The normalized spacial score (nSPS) is 13.1. The first-order valence-corrected chi connectivity index (χ1v) is 10.3. The highest BCUT2D eigenvalue weighted by molar-refractivity contribution is 5.95. The van der Waals surface area contributed by atoms with Crippen LogP contribution in [0.5, 0.6) is 0 Å². The van der Waals surface area contributed by atoms with Crippen LogP contribution in [0.15, 0.2) is 12.1 Å². The lowest BCUT2D eigenvalue weighted by molar-refractivity contribution is -0.115. The number of amides is 1. The zero-order valence-corrected chi connectivity index (χ0v) is 18.1. The first-order valence-electron chi connectivity index (χ1n) is 10.3. The lowest BCUT2D eigenvalue weighted by Gasteiger charge is -2.32. The first kappa shape index (κ1) is 21.8. The molecule has 0 bridgehead atoms. The fourth-order valence-corrected chi connectivity index (χ4v) is 4.20. The van der Waals surface area contributed by atoms with E-state index < -0.39 is 0 Å². The SMILES string of the molecule is COCCCn1c(C)c(C)c(C#N)c1NC(=O)CN1CCCc2c(C)ccc(F)c21. The summed E-state index contributed by atoms with van der Waals surface area (Å²) in [7, 11) is 1.65. The molecule has 0 unspecified atom stereocenters. The summed E-state index contributed by atoms with van der Waals surface area (Å²) < 4.78 is 21.7. The molecule has 1 aliphatic heterocycles. The van der Waals surface area contributed by atoms with Gasteiger partial charge in [-0.05, 0) is 62.8 Å². The Balaban J connectivity index is 1.84. The summed E-state index contributed by atoms with van der Waals surface area (Å²) in [4.78, 5) is 14.7. The summed E-state index contributed by atoms with van der Waals surface area (Å²) >= 11 is 0. The van der Waals surface area contributed by atoms with Crippen LogP contribution in [-0.2, 0) is 22.5 Å². The van der Waals surface area contributed by atoms with Crippen molar-refractivity contribution in [2.45, 2.75) is 46.6 Å². The van der Waals surface area contributed by atoms with Gasteiger partial charge < -0.3 is 19.5 Å². The molecule has 1 amide bonds. The third kappa shape index (κ3) is 4.19. The zero-order valence-electron chi connectivity index (χ0n) is 18.1. The molecule has 0 spiro atoms. The van der Waals surface area contributed by atoms with Gasteiger partial charge in [0.25, 0.3) is 0 Å². The molecule has 0 saturated carbocycles. The summed E-state index contributed by atoms with van der Waals surface area (Å²) in [5.74, 6) is -0.0447. The van der Waals surface area contributed by atoms with Crippen LogP contribution in [0.3, 0.4) is 0 Å². The van der Waals surface area contributed by atoms with Crippen molar-refractivity contribution in [2.24, 2.45) is 0 Å². The maximum atomic E-state index is 14.6. The van der Waals surface area contributed by atoms with E-state index in [9.17, 15) is 14.4 Å². The third-order valence-corrected chi connectivity index (χ3v) is 5.90. The number of carbonyl (C=O) groups excluding carboxylic acids is 1. The zero-order chi connectivity index (χ0) is 21.8. The van der Waals surface area contributed by atoms with Crippen LogP contribution in [0.2, 0.25) is 0 Å². The predicted molar refractivity (Wildman–Crippen MR) is 115 cm³/mol. The Hall–Kier alpha value is -2.85. The molecule has 3 rings (SSSR count). The number of methoxy groups -OCH3 is 1. The number of carbonyl (C=O) groups is 1. The lowest BCUT2D eigenvalue weighted by Crippen LogP contribution is -2.38. The van der Waals surface area contributed by atoms with Crippen molar-refractivity contribution in [3.8, 4) is 6.07 Å². The Kier molecular flexibility index (Phi) is 6.78. The Bertz CT molecular complexity index is 990. The van der Waals surface area contributed by atoms with Gasteiger partial charge in [-0.1, -0.05) is 6.07 Å². The standard InChI is InChI=1S/C23H29FN4O2/c1-15-8-9-20(24)22-18(15)7-5-10-27(22)14-21(29)26-23-19(13-25)16(2)17(3)28(23)11-6-12-30-4/h8-9H,5-7,10-12,14H2,1-4H3,(H,26,29). The van der Waals surface area contributed by atoms with Crippen LogP contribution >= 0.6 is 0 Å². The van der Waals surface area contributed by atoms with E-state index in [0.29, 0.717) is 36.8 Å². The summed E-state index contributed by atoms with van der Waals surface area (Å²) in [5.41, 5.74) is 4.82. The molecule has 2 heterocycles. The number of benzene rings is 1. The number of fused-ring (bicyclic) bond motifs is 1. The highest BCUT2D eigenvalue weighted by Crippen LogP contribution is 2.32. The van der Waals surface area contributed by atoms with E-state index in [2.05, 4.69) is 11.4 Å². The molecule has 0 fully saturated rings. The van der Waals surface area contributed by atoms with Crippen molar-refractivity contribution in [3.05, 3.63) is 45.9 Å². The van der Waals surface area contributed by atoms with E-state index in [-0.39, 0.29) is 18.3 Å². The molecule has 1 aliphatic rings. The van der Waals surface area contributed by atoms with Gasteiger partial charge in [0.1, 0.15) is 17.7 Å². The highest BCUT2D eigenvalue weighted by Gasteiger charge is 2.25. The quantitative estimate of drug-likeness (QED) is 0.702. The Labute approximate surface area is 177 Å². The average Bonchev–Trinajstić information content (AvgIpc) is 2.94. The van der Waals surface area contributed by atoms with Crippen molar-refractivity contribution in [3.63, 3.8) is 0 Å². The third-order valence-electron chi connectivity index (χ3n) is 5.90. The number of hydrogen-bond donors (Lipinski definition) is 1. The molecule has 6 nitrogen and oxygen atoms in total. The van der Waals surface area contributed by atoms with E-state index >= 15 is 0 Å². The molecular formula is C23H29FN4O2. The number of rotatable bonds is 7. The van der Waals surface area contributed by atoms with Gasteiger partial charge in [-0.3, -0.25) is 4.79 Å². The van der Waals surface area contributed by atoms with Crippen LogP contribution in [0.25, 0.3) is 0 Å². The fourth-order valence-electron chi connectivity index (χ4n) is 4.20. The largest absolute Gasteiger partial charge is 0.385 e. The van der Waals surface area contributed by atoms with Crippen molar-refractivity contribution in [2.75, 3.05) is 37.0 Å². The molecule has 0 radical (unpaired) electrons. The second-order valence-electron chi connectivity index (χ2n) is 7.81. The Morgan fingerprint density at radius 3 is 2.80 bits per heavy atom. The van der Waals surface area contributed by atoms with Gasteiger partial charge in [-0.2, -0.15) is 5.26 Å². The van der Waals surface area contributed by atoms with Crippen LogP contribution in [0.1, 0.15) is 40.8 Å². The topological polar surface area (TPSA) is 70.3 Å². The Morgan fingerprint density at radius 1 is 1.33 bits per heavy atom. The van der Waals surface area contributed by atoms with Gasteiger partial charge in [0.2, 0.25) is 5.91 Å². The average molecular weight is 413 g/mol. The number of hydrogen-bond acceptors (Lipinski definition) is 4. The molecule has 1 N–H and O–H groups in total.